The Hall–Kier alpha value is -3.60. The molecule has 0 aliphatic rings. The van der Waals surface area contributed by atoms with Gasteiger partial charge in [0.1, 0.15) is 0 Å². The summed E-state index contributed by atoms with van der Waals surface area (Å²) < 4.78 is 28.6. The van der Waals surface area contributed by atoms with E-state index in [2.05, 4.69) is 15.4 Å². The van der Waals surface area contributed by atoms with Crippen LogP contribution in [0.2, 0.25) is 0 Å². The third kappa shape index (κ3) is 4.35. The largest absolute Gasteiger partial charge is 0.328 e. The van der Waals surface area contributed by atoms with Gasteiger partial charge in [-0.1, -0.05) is 0 Å². The molecule has 30 heavy (non-hydrogen) atoms. The van der Waals surface area contributed by atoms with Crippen molar-refractivity contribution >= 4 is 49.9 Å². The maximum atomic E-state index is 12.9. The minimum atomic E-state index is -3.64. The van der Waals surface area contributed by atoms with E-state index in [-0.39, 0.29) is 22.8 Å². The molecular weight excluding hydrogens is 410 g/mol. The molecule has 3 aromatic rings. The van der Waals surface area contributed by atoms with Crippen LogP contribution in [-0.4, -0.2) is 35.6 Å². The summed E-state index contributed by atoms with van der Waals surface area (Å²) in [5, 5.41) is 5.26. The van der Waals surface area contributed by atoms with Gasteiger partial charge in [0.15, 0.2) is 0 Å². The first-order valence-electron chi connectivity index (χ1n) is 8.82. The number of nitrogens with one attached hydrogen (secondary N) is 3. The number of hydrogen-bond acceptors (Lipinski definition) is 5. The molecule has 1 aromatic heterocycles. The molecule has 0 aliphatic carbocycles. The zero-order chi connectivity index (χ0) is 22.2. The summed E-state index contributed by atoms with van der Waals surface area (Å²) in [5.74, 6) is -0.922. The average molecular weight is 431 g/mol. The van der Waals surface area contributed by atoms with Crippen LogP contribution in [-0.2, 0) is 28.9 Å². The lowest BCUT2D eigenvalue weighted by atomic mass is 10.1. The lowest BCUT2D eigenvalue weighted by Gasteiger charge is -2.13. The van der Waals surface area contributed by atoms with Gasteiger partial charge in [0.2, 0.25) is 15.9 Å². The Balaban J connectivity index is 2.00. The van der Waals surface area contributed by atoms with E-state index in [4.69, 9.17) is 0 Å². The van der Waals surface area contributed by atoms with Crippen LogP contribution in [0.15, 0.2) is 41.2 Å². The molecule has 0 saturated carbocycles. The molecule has 0 unspecified atom stereocenters. The Morgan fingerprint density at radius 1 is 0.900 bits per heavy atom. The number of carbonyl (C=O) groups is 2. The van der Waals surface area contributed by atoms with E-state index in [0.717, 1.165) is 6.26 Å². The van der Waals surface area contributed by atoms with Gasteiger partial charge in [-0.2, -0.15) is 0 Å². The van der Waals surface area contributed by atoms with Crippen molar-refractivity contribution in [3.63, 3.8) is 0 Å². The summed E-state index contributed by atoms with van der Waals surface area (Å²) >= 11 is 0. The second-order valence-electron chi connectivity index (χ2n) is 6.87. The summed E-state index contributed by atoms with van der Waals surface area (Å²) in [6.45, 7) is 1.32. The molecule has 0 saturated heterocycles. The number of hydrogen-bond donors (Lipinski definition) is 3. The lowest BCUT2D eigenvalue weighted by molar-refractivity contribution is -0.114. The fourth-order valence-corrected chi connectivity index (χ4v) is 3.66. The Labute approximate surface area is 172 Å². The molecule has 3 N–H and O–H groups in total. The Morgan fingerprint density at radius 3 is 2.13 bits per heavy atom. The van der Waals surface area contributed by atoms with Crippen molar-refractivity contribution in [1.82, 2.24) is 9.13 Å². The molecule has 0 radical (unpaired) electrons. The third-order valence-corrected chi connectivity index (χ3v) is 5.00. The summed E-state index contributed by atoms with van der Waals surface area (Å²) in [7, 11) is -0.358. The minimum absolute atomic E-state index is 0.0220. The maximum Gasteiger partial charge on any atom is 0.328 e. The van der Waals surface area contributed by atoms with Crippen molar-refractivity contribution in [2.24, 2.45) is 14.1 Å². The number of amides is 2. The average Bonchev–Trinajstić information content (AvgIpc) is 2.85. The summed E-state index contributed by atoms with van der Waals surface area (Å²) in [5.41, 5.74) is 1.98. The van der Waals surface area contributed by atoms with E-state index < -0.39 is 15.9 Å². The highest BCUT2D eigenvalue weighted by molar-refractivity contribution is 7.92. The normalized spacial score (nSPS) is 11.3. The van der Waals surface area contributed by atoms with Crippen molar-refractivity contribution in [2.75, 3.05) is 21.6 Å². The second-order valence-corrected chi connectivity index (χ2v) is 8.62. The molecule has 1 heterocycles. The highest BCUT2D eigenvalue weighted by Gasteiger charge is 2.17. The summed E-state index contributed by atoms with van der Waals surface area (Å²) in [6, 6.07) is 9.25. The zero-order valence-corrected chi connectivity index (χ0v) is 17.6. The molecule has 2 aromatic carbocycles. The number of sulfonamides is 1. The van der Waals surface area contributed by atoms with Crippen molar-refractivity contribution < 1.29 is 18.0 Å². The van der Waals surface area contributed by atoms with E-state index in [9.17, 15) is 22.8 Å². The van der Waals surface area contributed by atoms with Crippen LogP contribution >= 0.6 is 0 Å². The quantitative estimate of drug-likeness (QED) is 0.563. The van der Waals surface area contributed by atoms with Crippen LogP contribution in [0.3, 0.4) is 0 Å². The fourth-order valence-electron chi connectivity index (χ4n) is 3.08. The van der Waals surface area contributed by atoms with Crippen molar-refractivity contribution in [3.8, 4) is 0 Å². The monoisotopic (exact) mass is 431 g/mol. The molecule has 0 aliphatic heterocycles. The van der Waals surface area contributed by atoms with Gasteiger partial charge in [0.25, 0.3) is 5.91 Å². The van der Waals surface area contributed by atoms with Crippen LogP contribution in [0.1, 0.15) is 17.3 Å². The topological polar surface area (TPSA) is 131 Å². The molecule has 2 amide bonds. The smallest absolute Gasteiger partial charge is 0.326 e. The number of aryl methyl sites for hydroxylation is 2. The molecule has 11 heteroatoms. The van der Waals surface area contributed by atoms with Gasteiger partial charge in [-0.15, -0.1) is 0 Å². The highest BCUT2D eigenvalue weighted by Crippen LogP contribution is 2.24. The number of nitrogens with zero attached hydrogens (tertiary/aromatic N) is 2. The standard InChI is InChI=1S/C19H21N5O5S/c1-11(25)20-12-5-7-15(22-30(4,28)29)14(9-12)18(26)21-13-6-8-16-17(10-13)24(3)19(27)23(16)2/h5-10,22H,1-4H3,(H,20,25)(H,21,26). The van der Waals surface area contributed by atoms with Gasteiger partial charge in [-0.25, -0.2) is 13.2 Å². The van der Waals surface area contributed by atoms with Gasteiger partial charge in [-0.05, 0) is 36.4 Å². The number of benzene rings is 2. The highest BCUT2D eigenvalue weighted by atomic mass is 32.2. The van der Waals surface area contributed by atoms with Crippen molar-refractivity contribution in [2.45, 2.75) is 6.92 Å². The zero-order valence-electron chi connectivity index (χ0n) is 16.8. The predicted molar refractivity (Wildman–Crippen MR) is 115 cm³/mol. The molecule has 0 spiro atoms. The first-order valence-corrected chi connectivity index (χ1v) is 10.7. The minimum Gasteiger partial charge on any atom is -0.326 e. The van der Waals surface area contributed by atoms with Gasteiger partial charge < -0.3 is 10.6 Å². The van der Waals surface area contributed by atoms with Crippen LogP contribution in [0.4, 0.5) is 17.1 Å². The van der Waals surface area contributed by atoms with Crippen LogP contribution in [0.25, 0.3) is 11.0 Å². The van der Waals surface area contributed by atoms with Crippen LogP contribution in [0.5, 0.6) is 0 Å². The van der Waals surface area contributed by atoms with Crippen LogP contribution in [0, 0.1) is 0 Å². The number of carbonyl (C=O) groups excluding carboxylic acids is 2. The molecule has 3 rings (SSSR count). The van der Waals surface area contributed by atoms with Gasteiger partial charge >= 0.3 is 5.69 Å². The lowest BCUT2D eigenvalue weighted by Crippen LogP contribution is -2.19. The Morgan fingerprint density at radius 2 is 1.50 bits per heavy atom. The molecular formula is C19H21N5O5S. The first-order chi connectivity index (χ1) is 14.0. The molecule has 158 valence electrons. The second kappa shape index (κ2) is 7.67. The van der Waals surface area contributed by atoms with E-state index >= 15 is 0 Å². The number of aromatic nitrogens is 2. The molecule has 10 nitrogen and oxygen atoms in total. The van der Waals surface area contributed by atoms with E-state index in [1.54, 1.807) is 32.3 Å². The number of rotatable bonds is 5. The number of fused-ring (bicyclic) bond motifs is 1. The molecule has 0 bridgehead atoms. The van der Waals surface area contributed by atoms with E-state index in [1.165, 1.54) is 34.3 Å². The summed E-state index contributed by atoms with van der Waals surface area (Å²) in [6.07, 6.45) is 0.972. The number of imidazole rings is 1. The maximum absolute atomic E-state index is 12.9. The van der Waals surface area contributed by atoms with Gasteiger partial charge in [0.05, 0.1) is 28.5 Å². The van der Waals surface area contributed by atoms with Gasteiger partial charge in [-0.3, -0.25) is 23.4 Å². The van der Waals surface area contributed by atoms with Gasteiger partial charge in [0, 0.05) is 32.4 Å². The fraction of sp³-hybridized carbons (Fsp3) is 0.211. The first kappa shape index (κ1) is 21.1. The van der Waals surface area contributed by atoms with E-state index in [1.807, 2.05) is 0 Å². The van der Waals surface area contributed by atoms with E-state index in [0.29, 0.717) is 22.4 Å². The third-order valence-electron chi connectivity index (χ3n) is 4.41. The predicted octanol–water partition coefficient (Wildman–Crippen LogP) is 1.46. The van der Waals surface area contributed by atoms with Crippen molar-refractivity contribution in [3.05, 3.63) is 52.4 Å². The molecule has 0 atom stereocenters. The number of anilines is 3. The van der Waals surface area contributed by atoms with Crippen LogP contribution < -0.4 is 21.0 Å². The SMILES string of the molecule is CC(=O)Nc1ccc(NS(C)(=O)=O)c(C(=O)Nc2ccc3c(c2)n(C)c(=O)n3C)c1. The summed E-state index contributed by atoms with van der Waals surface area (Å²) in [4.78, 5) is 36.3. The molecule has 0 fully saturated rings. The van der Waals surface area contributed by atoms with Crippen molar-refractivity contribution in [1.29, 1.82) is 0 Å². The Kier molecular flexibility index (Phi) is 5.40. The Bertz CT molecular complexity index is 1340.